The van der Waals surface area contributed by atoms with Crippen LogP contribution in [0, 0.1) is 11.3 Å². The number of carbonyl (C=O) groups is 1. The largest absolute Gasteiger partial charge is 0.438 e. The number of carbonyl (C=O) groups excluding carboxylic acids is 1. The molecule has 124 valence electrons. The van der Waals surface area contributed by atoms with E-state index in [9.17, 15) is 4.79 Å². The maximum atomic E-state index is 12.0. The van der Waals surface area contributed by atoms with Crippen molar-refractivity contribution in [2.45, 2.75) is 0 Å². The van der Waals surface area contributed by atoms with Gasteiger partial charge in [-0.25, -0.2) is 4.99 Å². The second-order valence-corrected chi connectivity index (χ2v) is 5.80. The Kier molecular flexibility index (Phi) is 3.71. The van der Waals surface area contributed by atoms with Crippen LogP contribution in [0.3, 0.4) is 0 Å². The Morgan fingerprint density at radius 3 is 2.50 bits per heavy atom. The lowest BCUT2D eigenvalue weighted by molar-refractivity contribution is 0.0996. The molecule has 0 unspecified atom stereocenters. The number of nitrogens with zero attached hydrogens (tertiary/aromatic N) is 2. The molecular weight excluding hydrogens is 326 g/mol. The van der Waals surface area contributed by atoms with Gasteiger partial charge in [-0.1, -0.05) is 30.3 Å². The van der Waals surface area contributed by atoms with E-state index in [0.717, 1.165) is 16.2 Å². The molecule has 0 bridgehead atoms. The van der Waals surface area contributed by atoms with Crippen molar-refractivity contribution < 1.29 is 9.21 Å². The third-order valence-corrected chi connectivity index (χ3v) is 4.15. The summed E-state index contributed by atoms with van der Waals surface area (Å²) in [6.07, 6.45) is 0. The molecule has 0 fully saturated rings. The van der Waals surface area contributed by atoms with E-state index in [-0.39, 0.29) is 11.1 Å². The summed E-state index contributed by atoms with van der Waals surface area (Å²) in [5.41, 5.74) is 7.60. The van der Waals surface area contributed by atoms with Crippen molar-refractivity contribution in [3.05, 3.63) is 83.4 Å². The smallest absolute Gasteiger partial charge is 0.254 e. The normalized spacial score (nSPS) is 11.6. The fraction of sp³-hybridized carbons (Fsp3) is 0. The Balaban J connectivity index is 2.00. The first-order chi connectivity index (χ1) is 12.7. The van der Waals surface area contributed by atoms with Gasteiger partial charge in [0.2, 0.25) is 5.55 Å². The molecule has 0 aliphatic rings. The Labute approximate surface area is 148 Å². The standard InChI is InChI=1S/C21H13N3O2/c22-12-13-5-8-15(9-6-13)24-21-18(20(23)25)11-17-16-4-2-1-3-14(16)7-10-19(17)26-21/h1-11H,(H2,23,25). The number of primary amides is 1. The van der Waals surface area contributed by atoms with E-state index in [4.69, 9.17) is 15.4 Å². The summed E-state index contributed by atoms with van der Waals surface area (Å²) in [5, 5.41) is 11.7. The SMILES string of the molecule is N#Cc1ccc(N=c2oc3ccc4ccccc4c3cc2C(N)=O)cc1. The molecule has 4 aromatic rings. The summed E-state index contributed by atoms with van der Waals surface area (Å²) in [6, 6.07) is 22.1. The second-order valence-electron chi connectivity index (χ2n) is 5.80. The van der Waals surface area contributed by atoms with E-state index >= 15 is 0 Å². The highest BCUT2D eigenvalue weighted by atomic mass is 16.3. The first-order valence-electron chi connectivity index (χ1n) is 7.96. The lowest BCUT2D eigenvalue weighted by atomic mass is 10.0. The molecule has 2 N–H and O–H groups in total. The van der Waals surface area contributed by atoms with Crippen LogP contribution in [-0.2, 0) is 0 Å². The molecule has 0 radical (unpaired) electrons. The minimum atomic E-state index is -0.615. The fourth-order valence-corrected chi connectivity index (χ4v) is 2.87. The molecule has 5 nitrogen and oxygen atoms in total. The molecule has 0 saturated carbocycles. The minimum Gasteiger partial charge on any atom is -0.438 e. The molecule has 4 rings (SSSR count). The molecule has 0 aliphatic heterocycles. The second kappa shape index (κ2) is 6.19. The van der Waals surface area contributed by atoms with Crippen molar-refractivity contribution in [1.29, 1.82) is 5.26 Å². The van der Waals surface area contributed by atoms with Gasteiger partial charge < -0.3 is 10.2 Å². The van der Waals surface area contributed by atoms with Gasteiger partial charge in [0.25, 0.3) is 5.91 Å². The number of hydrogen-bond donors (Lipinski definition) is 1. The number of nitriles is 1. The van der Waals surface area contributed by atoms with E-state index in [2.05, 4.69) is 4.99 Å². The predicted molar refractivity (Wildman–Crippen MR) is 98.6 cm³/mol. The Morgan fingerprint density at radius 1 is 1.00 bits per heavy atom. The molecule has 0 aliphatic carbocycles. The number of nitrogens with two attached hydrogens (primary N) is 1. The molecule has 0 spiro atoms. The Bertz CT molecular complexity index is 1260. The lowest BCUT2D eigenvalue weighted by Crippen LogP contribution is -2.21. The molecule has 1 amide bonds. The Morgan fingerprint density at radius 2 is 1.77 bits per heavy atom. The summed E-state index contributed by atoms with van der Waals surface area (Å²) in [4.78, 5) is 16.3. The maximum Gasteiger partial charge on any atom is 0.254 e. The molecular formula is C21H13N3O2. The number of amides is 1. The zero-order chi connectivity index (χ0) is 18.1. The zero-order valence-corrected chi connectivity index (χ0v) is 13.6. The van der Waals surface area contributed by atoms with Crippen LogP contribution in [0.25, 0.3) is 21.7 Å². The van der Waals surface area contributed by atoms with Crippen LogP contribution in [-0.4, -0.2) is 5.91 Å². The summed E-state index contributed by atoms with van der Waals surface area (Å²) in [7, 11) is 0. The van der Waals surface area contributed by atoms with Gasteiger partial charge in [0.15, 0.2) is 0 Å². The first kappa shape index (κ1) is 15.6. The molecule has 5 heteroatoms. The van der Waals surface area contributed by atoms with Crippen molar-refractivity contribution in [1.82, 2.24) is 0 Å². The van der Waals surface area contributed by atoms with E-state index in [1.54, 1.807) is 30.3 Å². The fourth-order valence-electron chi connectivity index (χ4n) is 2.87. The van der Waals surface area contributed by atoms with Crippen LogP contribution in [0.4, 0.5) is 5.69 Å². The number of fused-ring (bicyclic) bond motifs is 3. The molecule has 3 aromatic carbocycles. The topological polar surface area (TPSA) is 92.4 Å². The van der Waals surface area contributed by atoms with Crippen LogP contribution in [0.15, 0.2) is 76.1 Å². The zero-order valence-electron chi connectivity index (χ0n) is 13.6. The van der Waals surface area contributed by atoms with Gasteiger partial charge in [0.1, 0.15) is 11.1 Å². The summed E-state index contributed by atoms with van der Waals surface area (Å²) in [6.45, 7) is 0. The highest BCUT2D eigenvalue weighted by molar-refractivity contribution is 6.07. The minimum absolute atomic E-state index is 0.144. The van der Waals surface area contributed by atoms with Crippen molar-refractivity contribution in [2.24, 2.45) is 10.7 Å². The molecule has 0 atom stereocenters. The van der Waals surface area contributed by atoms with Gasteiger partial charge in [0.05, 0.1) is 17.3 Å². The summed E-state index contributed by atoms with van der Waals surface area (Å²) in [5.74, 6) is -0.615. The van der Waals surface area contributed by atoms with Gasteiger partial charge in [-0.2, -0.15) is 5.26 Å². The average molecular weight is 339 g/mol. The van der Waals surface area contributed by atoms with Gasteiger partial charge in [-0.3, -0.25) is 4.79 Å². The highest BCUT2D eigenvalue weighted by Crippen LogP contribution is 2.25. The van der Waals surface area contributed by atoms with Gasteiger partial charge in [-0.05, 0) is 47.2 Å². The van der Waals surface area contributed by atoms with Crippen LogP contribution in [0.2, 0.25) is 0 Å². The number of rotatable bonds is 2. The molecule has 26 heavy (non-hydrogen) atoms. The van der Waals surface area contributed by atoms with Crippen LogP contribution >= 0.6 is 0 Å². The number of benzene rings is 3. The summed E-state index contributed by atoms with van der Waals surface area (Å²) >= 11 is 0. The van der Waals surface area contributed by atoms with E-state index in [1.807, 2.05) is 42.5 Å². The van der Waals surface area contributed by atoms with Crippen molar-refractivity contribution >= 4 is 33.3 Å². The third-order valence-electron chi connectivity index (χ3n) is 4.15. The predicted octanol–water partition coefficient (Wildman–Crippen LogP) is 3.79. The highest BCUT2D eigenvalue weighted by Gasteiger charge is 2.11. The van der Waals surface area contributed by atoms with Crippen molar-refractivity contribution in [3.63, 3.8) is 0 Å². The van der Waals surface area contributed by atoms with Gasteiger partial charge >= 0.3 is 0 Å². The first-order valence-corrected chi connectivity index (χ1v) is 7.96. The number of hydrogen-bond acceptors (Lipinski definition) is 4. The van der Waals surface area contributed by atoms with E-state index in [0.29, 0.717) is 16.8 Å². The Hall–Kier alpha value is -3.91. The maximum absolute atomic E-state index is 12.0. The third kappa shape index (κ3) is 2.70. The summed E-state index contributed by atoms with van der Waals surface area (Å²) < 4.78 is 5.89. The van der Waals surface area contributed by atoms with Crippen LogP contribution < -0.4 is 11.3 Å². The van der Waals surface area contributed by atoms with E-state index in [1.165, 1.54) is 0 Å². The van der Waals surface area contributed by atoms with Crippen molar-refractivity contribution in [3.8, 4) is 6.07 Å². The quantitative estimate of drug-likeness (QED) is 0.563. The van der Waals surface area contributed by atoms with Crippen LogP contribution in [0.1, 0.15) is 15.9 Å². The van der Waals surface area contributed by atoms with Gasteiger partial charge in [0, 0.05) is 5.39 Å². The van der Waals surface area contributed by atoms with E-state index < -0.39 is 5.91 Å². The molecule has 0 saturated heterocycles. The van der Waals surface area contributed by atoms with Crippen LogP contribution in [0.5, 0.6) is 0 Å². The van der Waals surface area contributed by atoms with Gasteiger partial charge in [-0.15, -0.1) is 0 Å². The molecule has 1 heterocycles. The van der Waals surface area contributed by atoms with Crippen molar-refractivity contribution in [2.75, 3.05) is 0 Å². The monoisotopic (exact) mass is 339 g/mol. The lowest BCUT2D eigenvalue weighted by Gasteiger charge is -2.05. The molecule has 1 aromatic heterocycles. The average Bonchev–Trinajstić information content (AvgIpc) is 2.67.